The van der Waals surface area contributed by atoms with Gasteiger partial charge in [-0.15, -0.1) is 24.0 Å². The van der Waals surface area contributed by atoms with Crippen molar-refractivity contribution in [2.24, 2.45) is 4.99 Å². The number of rotatable bonds is 5. The van der Waals surface area contributed by atoms with Crippen LogP contribution in [0.2, 0.25) is 0 Å². The molecule has 1 aromatic carbocycles. The van der Waals surface area contributed by atoms with Crippen LogP contribution >= 0.6 is 24.0 Å². The molecule has 0 atom stereocenters. The minimum atomic E-state index is 0. The molecule has 1 aliphatic heterocycles. The largest absolute Gasteiger partial charge is 0.372 e. The smallest absolute Gasteiger partial charge is 0.223 e. The Hall–Kier alpha value is -1.84. The van der Waals surface area contributed by atoms with Gasteiger partial charge in [-0.05, 0) is 37.0 Å². The summed E-state index contributed by atoms with van der Waals surface area (Å²) in [5.41, 5.74) is 2.58. The molecule has 3 rings (SSSR count). The van der Waals surface area contributed by atoms with Crippen LogP contribution in [0.1, 0.15) is 36.5 Å². The summed E-state index contributed by atoms with van der Waals surface area (Å²) in [4.78, 5) is 13.1. The molecule has 0 bridgehead atoms. The first-order valence-corrected chi connectivity index (χ1v) is 9.20. The van der Waals surface area contributed by atoms with Crippen molar-refractivity contribution in [1.82, 2.24) is 20.4 Å². The Labute approximate surface area is 178 Å². The molecule has 0 spiro atoms. The van der Waals surface area contributed by atoms with Crippen molar-refractivity contribution in [2.45, 2.75) is 39.3 Å². The maximum atomic E-state index is 4.99. The molecule has 0 radical (unpaired) electrons. The lowest BCUT2D eigenvalue weighted by molar-refractivity contribution is 0.386. The molecule has 2 heterocycles. The van der Waals surface area contributed by atoms with Gasteiger partial charge >= 0.3 is 0 Å². The Balaban J connectivity index is 0.00000261. The van der Waals surface area contributed by atoms with Crippen LogP contribution in [0, 0.1) is 6.92 Å². The van der Waals surface area contributed by atoms with E-state index >= 15 is 0 Å². The van der Waals surface area contributed by atoms with Gasteiger partial charge < -0.3 is 19.6 Å². The van der Waals surface area contributed by atoms with Gasteiger partial charge in [0.1, 0.15) is 0 Å². The van der Waals surface area contributed by atoms with E-state index in [2.05, 4.69) is 54.5 Å². The van der Waals surface area contributed by atoms with Crippen LogP contribution in [0.4, 0.5) is 5.69 Å². The average Bonchev–Trinajstić information content (AvgIpc) is 3.09. The molecule has 1 aromatic heterocycles. The van der Waals surface area contributed by atoms with Crippen molar-refractivity contribution in [3.05, 3.63) is 41.5 Å². The highest BCUT2D eigenvalue weighted by atomic mass is 127. The number of halogens is 1. The molecular formula is C19H29IN6O. The molecular weight excluding hydrogens is 455 g/mol. The van der Waals surface area contributed by atoms with Gasteiger partial charge in [0.25, 0.3) is 0 Å². The number of hydrogen-bond acceptors (Lipinski definition) is 5. The van der Waals surface area contributed by atoms with Gasteiger partial charge in [0.15, 0.2) is 11.8 Å². The van der Waals surface area contributed by atoms with E-state index in [4.69, 9.17) is 4.52 Å². The Bertz CT molecular complexity index is 724. The third-order valence-corrected chi connectivity index (χ3v) is 4.62. The molecule has 0 aliphatic carbocycles. The highest BCUT2D eigenvalue weighted by Gasteiger charge is 2.12. The van der Waals surface area contributed by atoms with Crippen LogP contribution in [0.15, 0.2) is 33.8 Å². The van der Waals surface area contributed by atoms with Gasteiger partial charge in [-0.2, -0.15) is 4.98 Å². The van der Waals surface area contributed by atoms with Crippen LogP contribution in [0.5, 0.6) is 0 Å². The second-order valence-corrected chi connectivity index (χ2v) is 6.70. The number of hydrogen-bond donors (Lipinski definition) is 1. The fraction of sp³-hybridized carbons (Fsp3) is 0.526. The van der Waals surface area contributed by atoms with E-state index in [0.29, 0.717) is 18.3 Å². The number of benzene rings is 1. The lowest BCUT2D eigenvalue weighted by Crippen LogP contribution is -2.38. The van der Waals surface area contributed by atoms with Crippen molar-refractivity contribution in [1.29, 1.82) is 0 Å². The van der Waals surface area contributed by atoms with Gasteiger partial charge in [-0.25, -0.2) is 0 Å². The normalized spacial score (nSPS) is 14.6. The maximum absolute atomic E-state index is 4.99. The summed E-state index contributed by atoms with van der Waals surface area (Å²) in [6, 6.07) is 8.87. The van der Waals surface area contributed by atoms with Gasteiger partial charge in [-0.1, -0.05) is 17.3 Å². The van der Waals surface area contributed by atoms with Crippen LogP contribution < -0.4 is 10.2 Å². The van der Waals surface area contributed by atoms with E-state index < -0.39 is 0 Å². The summed E-state index contributed by atoms with van der Waals surface area (Å²) in [5, 5.41) is 7.16. The zero-order chi connectivity index (χ0) is 18.4. The predicted octanol–water partition coefficient (Wildman–Crippen LogP) is 3.19. The van der Waals surface area contributed by atoms with Crippen molar-refractivity contribution in [3.8, 4) is 0 Å². The van der Waals surface area contributed by atoms with Crippen molar-refractivity contribution in [2.75, 3.05) is 32.1 Å². The van der Waals surface area contributed by atoms with Crippen LogP contribution in [0.25, 0.3) is 0 Å². The Kier molecular flexibility index (Phi) is 8.33. The summed E-state index contributed by atoms with van der Waals surface area (Å²) >= 11 is 0. The topological polar surface area (TPSA) is 69.8 Å². The van der Waals surface area contributed by atoms with Crippen molar-refractivity contribution in [3.63, 3.8) is 0 Å². The molecule has 1 saturated heterocycles. The lowest BCUT2D eigenvalue weighted by Gasteiger charge is -2.29. The van der Waals surface area contributed by atoms with Gasteiger partial charge in [0.2, 0.25) is 5.89 Å². The Morgan fingerprint density at radius 2 is 1.93 bits per heavy atom. The minimum Gasteiger partial charge on any atom is -0.372 e. The third-order valence-electron chi connectivity index (χ3n) is 4.62. The number of guanidine groups is 1. The molecule has 27 heavy (non-hydrogen) atoms. The molecule has 7 nitrogen and oxygen atoms in total. The van der Waals surface area contributed by atoms with E-state index in [0.717, 1.165) is 12.5 Å². The summed E-state index contributed by atoms with van der Waals surface area (Å²) in [5.74, 6) is 1.99. The predicted molar refractivity (Wildman–Crippen MR) is 119 cm³/mol. The van der Waals surface area contributed by atoms with Crippen LogP contribution in [-0.4, -0.2) is 48.2 Å². The third kappa shape index (κ3) is 6.08. The number of nitrogens with zero attached hydrogens (tertiary/aromatic N) is 5. The molecule has 8 heteroatoms. The highest BCUT2D eigenvalue weighted by molar-refractivity contribution is 14.0. The number of aliphatic imine (C=N–C) groups is 1. The number of nitrogens with one attached hydrogen (secondary N) is 1. The first-order chi connectivity index (χ1) is 12.7. The second kappa shape index (κ2) is 10.5. The zero-order valence-corrected chi connectivity index (χ0v) is 18.6. The number of piperidine rings is 1. The van der Waals surface area contributed by atoms with E-state index in [9.17, 15) is 0 Å². The van der Waals surface area contributed by atoms with Gasteiger partial charge in [0, 0.05) is 46.3 Å². The summed E-state index contributed by atoms with van der Waals surface area (Å²) in [7, 11) is 3.80. The SMILES string of the molecule is CN=C(NCc1noc(C)n1)N(C)Cc1ccc(N2CCCCC2)cc1.I. The highest BCUT2D eigenvalue weighted by Crippen LogP contribution is 2.20. The van der Waals surface area contributed by atoms with Crippen LogP contribution in [-0.2, 0) is 13.1 Å². The fourth-order valence-electron chi connectivity index (χ4n) is 3.27. The lowest BCUT2D eigenvalue weighted by atomic mass is 10.1. The first-order valence-electron chi connectivity index (χ1n) is 9.20. The zero-order valence-electron chi connectivity index (χ0n) is 16.3. The summed E-state index contributed by atoms with van der Waals surface area (Å²) in [6.07, 6.45) is 3.95. The maximum Gasteiger partial charge on any atom is 0.223 e. The molecule has 2 aromatic rings. The second-order valence-electron chi connectivity index (χ2n) is 6.70. The van der Waals surface area contributed by atoms with E-state index in [-0.39, 0.29) is 24.0 Å². The summed E-state index contributed by atoms with van der Waals surface area (Å²) < 4.78 is 4.99. The number of aryl methyl sites for hydroxylation is 1. The monoisotopic (exact) mass is 484 g/mol. The molecule has 148 valence electrons. The molecule has 1 N–H and O–H groups in total. The van der Waals surface area contributed by atoms with Gasteiger partial charge in [0.05, 0.1) is 6.54 Å². The molecule has 0 unspecified atom stereocenters. The first kappa shape index (κ1) is 21.5. The molecule has 0 amide bonds. The summed E-state index contributed by atoms with van der Waals surface area (Å²) in [6.45, 7) is 5.40. The Morgan fingerprint density at radius 1 is 1.22 bits per heavy atom. The quantitative estimate of drug-likeness (QED) is 0.400. The molecule has 0 saturated carbocycles. The minimum absolute atomic E-state index is 0. The Morgan fingerprint density at radius 3 is 2.52 bits per heavy atom. The van der Waals surface area contributed by atoms with Crippen LogP contribution in [0.3, 0.4) is 0 Å². The van der Waals surface area contributed by atoms with E-state index in [1.807, 2.05) is 7.05 Å². The van der Waals surface area contributed by atoms with Crippen molar-refractivity contribution >= 4 is 35.6 Å². The standard InChI is InChI=1S/C19H28N6O.HI/c1-15-22-18(23-26-15)13-21-19(20-2)24(3)14-16-7-9-17(10-8-16)25-11-5-4-6-12-25;/h7-10H,4-6,11-14H2,1-3H3,(H,20,21);1H. The number of anilines is 1. The van der Waals surface area contributed by atoms with Crippen molar-refractivity contribution < 1.29 is 4.52 Å². The van der Waals surface area contributed by atoms with E-state index in [1.165, 1.54) is 43.6 Å². The molecule has 1 fully saturated rings. The number of aromatic nitrogens is 2. The fourth-order valence-corrected chi connectivity index (χ4v) is 3.27. The molecule has 1 aliphatic rings. The average molecular weight is 484 g/mol. The van der Waals surface area contributed by atoms with Gasteiger partial charge in [-0.3, -0.25) is 4.99 Å². The van der Waals surface area contributed by atoms with E-state index in [1.54, 1.807) is 14.0 Å².